The molecule has 0 fully saturated rings. The minimum absolute atomic E-state index is 0.214. The van der Waals surface area contributed by atoms with E-state index in [1.165, 1.54) is 5.56 Å². The number of rotatable bonds is 7. The van der Waals surface area contributed by atoms with E-state index in [0.717, 1.165) is 35.7 Å². The number of pyridine rings is 1. The lowest BCUT2D eigenvalue weighted by molar-refractivity contribution is 0.102. The van der Waals surface area contributed by atoms with Crippen molar-refractivity contribution < 1.29 is 9.53 Å². The Bertz CT molecular complexity index is 976. The van der Waals surface area contributed by atoms with Gasteiger partial charge in [0.2, 0.25) is 0 Å². The van der Waals surface area contributed by atoms with Gasteiger partial charge in [0.25, 0.3) is 5.91 Å². The zero-order valence-electron chi connectivity index (χ0n) is 15.8. The Balaban J connectivity index is 1.60. The molecule has 0 aliphatic heterocycles. The molecule has 0 saturated carbocycles. The number of aryl methyl sites for hydroxylation is 1. The van der Waals surface area contributed by atoms with Crippen molar-refractivity contribution in [2.75, 3.05) is 24.3 Å². The van der Waals surface area contributed by atoms with Crippen LogP contribution in [0.1, 0.15) is 21.5 Å². The van der Waals surface area contributed by atoms with Crippen LogP contribution in [0, 0.1) is 6.92 Å². The summed E-state index contributed by atoms with van der Waals surface area (Å²) in [7, 11) is 1.66. The first-order valence-electron chi connectivity index (χ1n) is 8.94. The van der Waals surface area contributed by atoms with E-state index >= 15 is 0 Å². The third-order valence-corrected chi connectivity index (χ3v) is 4.55. The maximum absolute atomic E-state index is 12.5. The molecule has 2 N–H and O–H groups in total. The van der Waals surface area contributed by atoms with Crippen molar-refractivity contribution in [3.8, 4) is 5.75 Å². The Labute approximate surface area is 169 Å². The molecule has 2 aromatic carbocycles. The highest BCUT2D eigenvalue weighted by atomic mass is 35.5. The third-order valence-electron chi connectivity index (χ3n) is 4.31. The van der Waals surface area contributed by atoms with Crippen molar-refractivity contribution >= 4 is 28.9 Å². The Hall–Kier alpha value is -3.05. The minimum atomic E-state index is -0.214. The summed E-state index contributed by atoms with van der Waals surface area (Å²) in [4.78, 5) is 16.7. The molecule has 144 valence electrons. The normalized spacial score (nSPS) is 10.4. The summed E-state index contributed by atoms with van der Waals surface area (Å²) in [5.41, 5.74) is 4.09. The minimum Gasteiger partial charge on any atom is -0.497 e. The molecule has 1 heterocycles. The molecule has 3 aromatic rings. The van der Waals surface area contributed by atoms with E-state index in [0.29, 0.717) is 10.6 Å². The Morgan fingerprint density at radius 2 is 2.00 bits per heavy atom. The molecule has 0 aliphatic carbocycles. The van der Waals surface area contributed by atoms with E-state index in [-0.39, 0.29) is 5.91 Å². The number of nitrogens with one attached hydrogen (secondary N) is 2. The second-order valence-electron chi connectivity index (χ2n) is 6.40. The molecule has 0 bridgehead atoms. The molecule has 0 unspecified atom stereocenters. The van der Waals surface area contributed by atoms with Crippen molar-refractivity contribution in [3.05, 3.63) is 82.6 Å². The lowest BCUT2D eigenvalue weighted by Crippen LogP contribution is -2.14. The lowest BCUT2D eigenvalue weighted by Gasteiger charge is -2.11. The number of halogens is 1. The molecule has 0 spiro atoms. The first-order chi connectivity index (χ1) is 13.5. The number of hydrogen-bond donors (Lipinski definition) is 2. The number of ether oxygens (including phenoxy) is 1. The second-order valence-corrected chi connectivity index (χ2v) is 6.84. The van der Waals surface area contributed by atoms with Gasteiger partial charge >= 0.3 is 0 Å². The molecule has 28 heavy (non-hydrogen) atoms. The van der Waals surface area contributed by atoms with E-state index in [4.69, 9.17) is 16.3 Å². The fourth-order valence-corrected chi connectivity index (χ4v) is 3.03. The number of anilines is 2. The van der Waals surface area contributed by atoms with E-state index in [1.807, 2.05) is 31.2 Å². The largest absolute Gasteiger partial charge is 0.497 e. The van der Waals surface area contributed by atoms with Crippen LogP contribution in [0.4, 0.5) is 11.4 Å². The highest BCUT2D eigenvalue weighted by Gasteiger charge is 2.09. The van der Waals surface area contributed by atoms with Crippen molar-refractivity contribution in [2.24, 2.45) is 0 Å². The number of carbonyl (C=O) groups excluding carboxylic acids is 1. The second kappa shape index (κ2) is 9.24. The fraction of sp³-hybridized carbons (Fsp3) is 0.182. The summed E-state index contributed by atoms with van der Waals surface area (Å²) in [6.07, 6.45) is 4.08. The van der Waals surface area contributed by atoms with Gasteiger partial charge in [-0.05, 0) is 60.9 Å². The Kier molecular flexibility index (Phi) is 6.50. The number of aromatic nitrogens is 1. The highest BCUT2D eigenvalue weighted by Crippen LogP contribution is 2.20. The van der Waals surface area contributed by atoms with Gasteiger partial charge in [-0.1, -0.05) is 23.7 Å². The van der Waals surface area contributed by atoms with E-state index in [1.54, 1.807) is 37.7 Å². The van der Waals surface area contributed by atoms with Gasteiger partial charge in [0.15, 0.2) is 0 Å². The van der Waals surface area contributed by atoms with Crippen molar-refractivity contribution in [1.29, 1.82) is 0 Å². The summed E-state index contributed by atoms with van der Waals surface area (Å²) >= 11 is 5.96. The van der Waals surface area contributed by atoms with Gasteiger partial charge < -0.3 is 15.4 Å². The average Bonchev–Trinajstić information content (AvgIpc) is 2.70. The molecule has 0 saturated heterocycles. The number of nitrogens with zero attached hydrogens (tertiary/aromatic N) is 1. The van der Waals surface area contributed by atoms with Crippen molar-refractivity contribution in [1.82, 2.24) is 4.98 Å². The summed E-state index contributed by atoms with van der Waals surface area (Å²) < 4.78 is 5.24. The van der Waals surface area contributed by atoms with Gasteiger partial charge in [0.1, 0.15) is 5.75 Å². The van der Waals surface area contributed by atoms with Gasteiger partial charge in [0.05, 0.1) is 18.4 Å². The molecule has 3 rings (SSSR count). The number of amides is 1. The van der Waals surface area contributed by atoms with Crippen LogP contribution < -0.4 is 15.4 Å². The molecular formula is C22H22ClN3O2. The van der Waals surface area contributed by atoms with Crippen LogP contribution >= 0.6 is 11.6 Å². The number of carbonyl (C=O) groups is 1. The SMILES string of the molecule is COc1cccc(CCNc2cncc(C(=O)Nc3ccc(Cl)cc3C)c2)c1. The van der Waals surface area contributed by atoms with Crippen LogP contribution in [-0.2, 0) is 6.42 Å². The number of benzene rings is 2. The molecule has 0 radical (unpaired) electrons. The van der Waals surface area contributed by atoms with Crippen LogP contribution in [0.2, 0.25) is 5.02 Å². The van der Waals surface area contributed by atoms with Crippen LogP contribution in [0.25, 0.3) is 0 Å². The van der Waals surface area contributed by atoms with Gasteiger partial charge in [-0.3, -0.25) is 9.78 Å². The third kappa shape index (κ3) is 5.24. The predicted octanol–water partition coefficient (Wildman–Crippen LogP) is 4.96. The molecule has 1 amide bonds. The van der Waals surface area contributed by atoms with E-state index < -0.39 is 0 Å². The van der Waals surface area contributed by atoms with Gasteiger partial charge in [-0.2, -0.15) is 0 Å². The molecule has 1 aromatic heterocycles. The number of hydrogen-bond acceptors (Lipinski definition) is 4. The zero-order chi connectivity index (χ0) is 19.9. The van der Waals surface area contributed by atoms with Crippen molar-refractivity contribution in [3.63, 3.8) is 0 Å². The first kappa shape index (κ1) is 19.7. The molecule has 6 heteroatoms. The first-order valence-corrected chi connectivity index (χ1v) is 9.32. The van der Waals surface area contributed by atoms with E-state index in [9.17, 15) is 4.79 Å². The van der Waals surface area contributed by atoms with Crippen molar-refractivity contribution in [2.45, 2.75) is 13.3 Å². The zero-order valence-corrected chi connectivity index (χ0v) is 16.6. The predicted molar refractivity (Wildman–Crippen MR) is 114 cm³/mol. The standard InChI is InChI=1S/C22H22ClN3O2/c1-15-10-18(23)6-7-21(15)26-22(27)17-12-19(14-24-13-17)25-9-8-16-4-3-5-20(11-16)28-2/h3-7,10-14,25H,8-9H2,1-2H3,(H,26,27). The Morgan fingerprint density at radius 3 is 2.79 bits per heavy atom. The summed E-state index contributed by atoms with van der Waals surface area (Å²) in [6, 6.07) is 15.1. The maximum Gasteiger partial charge on any atom is 0.257 e. The topological polar surface area (TPSA) is 63.2 Å². The molecule has 0 atom stereocenters. The van der Waals surface area contributed by atoms with Crippen LogP contribution in [0.5, 0.6) is 5.75 Å². The van der Waals surface area contributed by atoms with Gasteiger partial charge in [-0.15, -0.1) is 0 Å². The monoisotopic (exact) mass is 395 g/mol. The lowest BCUT2D eigenvalue weighted by atomic mass is 10.1. The number of methoxy groups -OCH3 is 1. The van der Waals surface area contributed by atoms with Crippen LogP contribution in [-0.4, -0.2) is 24.5 Å². The van der Waals surface area contributed by atoms with Crippen LogP contribution in [0.15, 0.2) is 60.9 Å². The van der Waals surface area contributed by atoms with E-state index in [2.05, 4.69) is 21.7 Å². The molecule has 0 aliphatic rings. The highest BCUT2D eigenvalue weighted by molar-refractivity contribution is 6.30. The fourth-order valence-electron chi connectivity index (χ4n) is 2.80. The Morgan fingerprint density at radius 1 is 1.14 bits per heavy atom. The molecule has 5 nitrogen and oxygen atoms in total. The van der Waals surface area contributed by atoms with Gasteiger partial charge in [0, 0.05) is 29.6 Å². The summed E-state index contributed by atoms with van der Waals surface area (Å²) in [5.74, 6) is 0.629. The maximum atomic E-state index is 12.5. The smallest absolute Gasteiger partial charge is 0.257 e. The van der Waals surface area contributed by atoms with Gasteiger partial charge in [-0.25, -0.2) is 0 Å². The van der Waals surface area contributed by atoms with Crippen LogP contribution in [0.3, 0.4) is 0 Å². The summed E-state index contributed by atoms with van der Waals surface area (Å²) in [5, 5.41) is 6.84. The molecular weight excluding hydrogens is 374 g/mol. The quantitative estimate of drug-likeness (QED) is 0.593. The summed E-state index contributed by atoms with van der Waals surface area (Å²) in [6.45, 7) is 2.62. The average molecular weight is 396 g/mol.